The molecule has 0 saturated carbocycles. The summed E-state index contributed by atoms with van der Waals surface area (Å²) in [4.78, 5) is 0. The van der Waals surface area contributed by atoms with Gasteiger partial charge in [0.25, 0.3) is 5.95 Å². The third kappa shape index (κ3) is 1.38. The summed E-state index contributed by atoms with van der Waals surface area (Å²) < 4.78 is 15.3. The Balaban J connectivity index is 2.75. The summed E-state index contributed by atoms with van der Waals surface area (Å²) in [6.45, 7) is 0. The van der Waals surface area contributed by atoms with Gasteiger partial charge in [-0.1, -0.05) is 0 Å². The number of hydrogen-bond acceptors (Lipinski definition) is 4. The van der Waals surface area contributed by atoms with Crippen molar-refractivity contribution < 1.29 is 13.9 Å². The number of fused-ring (bicyclic) bond motifs is 1. The molecule has 1 aromatic carbocycles. The van der Waals surface area contributed by atoms with Crippen LogP contribution >= 0.6 is 0 Å². The first-order chi connectivity index (χ1) is 7.30. The van der Waals surface area contributed by atoms with Crippen molar-refractivity contribution >= 4 is 10.8 Å². The van der Waals surface area contributed by atoms with Crippen LogP contribution in [-0.2, 0) is 0 Å². The van der Waals surface area contributed by atoms with Crippen LogP contribution < -0.4 is 9.47 Å². The van der Waals surface area contributed by atoms with E-state index >= 15 is 0 Å². The molecular weight excluding hydrogens is 194 g/mol. The third-order valence-corrected chi connectivity index (χ3v) is 2.17. The molecule has 0 aliphatic heterocycles. The first-order valence-corrected chi connectivity index (χ1v) is 4.34. The van der Waals surface area contributed by atoms with Crippen LogP contribution in [-0.4, -0.2) is 14.2 Å². The van der Waals surface area contributed by atoms with Gasteiger partial charge in [0.1, 0.15) is 11.8 Å². The highest BCUT2D eigenvalue weighted by molar-refractivity contribution is 5.91. The predicted molar refractivity (Wildman–Crippen MR) is 54.0 cm³/mol. The Bertz CT molecular complexity index is 536. The van der Waals surface area contributed by atoms with Crippen molar-refractivity contribution in [2.45, 2.75) is 0 Å². The van der Waals surface area contributed by atoms with Gasteiger partial charge in [0.2, 0.25) is 5.76 Å². The van der Waals surface area contributed by atoms with Crippen molar-refractivity contribution in [3.8, 4) is 17.8 Å². The molecular formula is C11H9NO3. The normalized spacial score (nSPS) is 9.93. The standard InChI is InChI=1S/C11H9NO3/c1-13-7-3-4-8-9(5-7)11(14-2)15-10(8)6-12/h3-5H,1-2H3. The number of ether oxygens (including phenoxy) is 2. The van der Waals surface area contributed by atoms with E-state index in [4.69, 9.17) is 19.2 Å². The van der Waals surface area contributed by atoms with Crippen molar-refractivity contribution in [2.24, 2.45) is 0 Å². The second-order valence-electron chi connectivity index (χ2n) is 2.95. The van der Waals surface area contributed by atoms with Crippen molar-refractivity contribution in [3.05, 3.63) is 24.0 Å². The maximum absolute atomic E-state index is 8.84. The van der Waals surface area contributed by atoms with Crippen LogP contribution in [0.25, 0.3) is 10.8 Å². The molecule has 15 heavy (non-hydrogen) atoms. The van der Waals surface area contributed by atoms with Crippen molar-refractivity contribution in [3.63, 3.8) is 0 Å². The van der Waals surface area contributed by atoms with Crippen molar-refractivity contribution in [1.29, 1.82) is 5.26 Å². The molecule has 4 heteroatoms. The van der Waals surface area contributed by atoms with Crippen molar-refractivity contribution in [1.82, 2.24) is 0 Å². The smallest absolute Gasteiger partial charge is 0.293 e. The first kappa shape index (κ1) is 9.41. The Kier molecular flexibility index (Phi) is 2.22. The summed E-state index contributed by atoms with van der Waals surface area (Å²) in [5, 5.41) is 10.3. The van der Waals surface area contributed by atoms with E-state index in [1.807, 2.05) is 6.07 Å². The van der Waals surface area contributed by atoms with Crippen LogP contribution in [0.5, 0.6) is 11.7 Å². The number of nitriles is 1. The van der Waals surface area contributed by atoms with Gasteiger partial charge in [-0.25, -0.2) is 0 Å². The highest BCUT2D eigenvalue weighted by Crippen LogP contribution is 2.33. The number of nitrogens with zero attached hydrogens (tertiary/aromatic N) is 1. The van der Waals surface area contributed by atoms with E-state index in [0.29, 0.717) is 11.7 Å². The topological polar surface area (TPSA) is 55.4 Å². The minimum Gasteiger partial charge on any atom is -0.497 e. The van der Waals surface area contributed by atoms with Crippen LogP contribution in [0.1, 0.15) is 5.76 Å². The fourth-order valence-electron chi connectivity index (χ4n) is 1.45. The lowest BCUT2D eigenvalue weighted by Crippen LogP contribution is -1.83. The maximum atomic E-state index is 8.84. The molecule has 0 unspecified atom stereocenters. The highest BCUT2D eigenvalue weighted by atomic mass is 16.6. The second kappa shape index (κ2) is 3.54. The van der Waals surface area contributed by atoms with Crippen LogP contribution in [0.2, 0.25) is 0 Å². The Hall–Kier alpha value is -2.15. The highest BCUT2D eigenvalue weighted by Gasteiger charge is 2.13. The Morgan fingerprint density at radius 1 is 1.20 bits per heavy atom. The fraction of sp³-hybridized carbons (Fsp3) is 0.182. The summed E-state index contributed by atoms with van der Waals surface area (Å²) >= 11 is 0. The summed E-state index contributed by atoms with van der Waals surface area (Å²) in [5.41, 5.74) is 0. The van der Waals surface area contributed by atoms with Gasteiger partial charge in [-0.2, -0.15) is 5.26 Å². The van der Waals surface area contributed by atoms with Gasteiger partial charge >= 0.3 is 0 Å². The minimum atomic E-state index is 0.254. The summed E-state index contributed by atoms with van der Waals surface area (Å²) in [7, 11) is 3.08. The SMILES string of the molecule is COc1ccc2c(C#N)oc(OC)c2c1. The molecule has 4 nitrogen and oxygen atoms in total. The Morgan fingerprint density at radius 3 is 2.60 bits per heavy atom. The largest absolute Gasteiger partial charge is 0.497 e. The van der Waals surface area contributed by atoms with Crippen LogP contribution in [0, 0.1) is 11.3 Å². The lowest BCUT2D eigenvalue weighted by molar-refractivity contribution is 0.306. The molecule has 1 heterocycles. The van der Waals surface area contributed by atoms with Gasteiger partial charge in [-0.15, -0.1) is 0 Å². The van der Waals surface area contributed by atoms with E-state index in [0.717, 1.165) is 10.8 Å². The van der Waals surface area contributed by atoms with E-state index < -0.39 is 0 Å². The van der Waals surface area contributed by atoms with E-state index in [9.17, 15) is 0 Å². The number of methoxy groups -OCH3 is 2. The molecule has 76 valence electrons. The number of hydrogen-bond donors (Lipinski definition) is 0. The molecule has 0 amide bonds. The average molecular weight is 203 g/mol. The molecule has 0 aliphatic rings. The average Bonchev–Trinajstić information content (AvgIpc) is 2.65. The van der Waals surface area contributed by atoms with E-state index in [1.54, 1.807) is 25.3 Å². The van der Waals surface area contributed by atoms with Gasteiger partial charge in [0.15, 0.2) is 0 Å². The Labute approximate surface area is 86.6 Å². The molecule has 0 N–H and O–H groups in total. The van der Waals surface area contributed by atoms with Crippen molar-refractivity contribution in [2.75, 3.05) is 14.2 Å². The minimum absolute atomic E-state index is 0.254. The molecule has 2 rings (SSSR count). The monoisotopic (exact) mass is 203 g/mol. The van der Waals surface area contributed by atoms with E-state index in [-0.39, 0.29) is 5.76 Å². The van der Waals surface area contributed by atoms with Crippen LogP contribution in [0.3, 0.4) is 0 Å². The van der Waals surface area contributed by atoms with Gasteiger partial charge in [-0.3, -0.25) is 0 Å². The van der Waals surface area contributed by atoms with Gasteiger partial charge < -0.3 is 13.9 Å². The van der Waals surface area contributed by atoms with Gasteiger partial charge in [-0.05, 0) is 18.2 Å². The lowest BCUT2D eigenvalue weighted by Gasteiger charge is -1.98. The molecule has 1 aromatic heterocycles. The molecule has 2 aromatic rings. The lowest BCUT2D eigenvalue weighted by atomic mass is 10.2. The zero-order valence-corrected chi connectivity index (χ0v) is 8.40. The fourth-order valence-corrected chi connectivity index (χ4v) is 1.45. The van der Waals surface area contributed by atoms with Gasteiger partial charge in [0.05, 0.1) is 19.6 Å². The molecule has 0 atom stereocenters. The van der Waals surface area contributed by atoms with Crippen LogP contribution in [0.15, 0.2) is 22.6 Å². The molecule has 0 saturated heterocycles. The number of rotatable bonds is 2. The Morgan fingerprint density at radius 2 is 2.00 bits per heavy atom. The summed E-state index contributed by atoms with van der Waals surface area (Å²) in [6, 6.07) is 7.30. The molecule has 0 spiro atoms. The van der Waals surface area contributed by atoms with E-state index in [1.165, 1.54) is 7.11 Å². The molecule has 0 bridgehead atoms. The first-order valence-electron chi connectivity index (χ1n) is 4.34. The van der Waals surface area contributed by atoms with Crippen LogP contribution in [0.4, 0.5) is 0 Å². The van der Waals surface area contributed by atoms with Gasteiger partial charge in [0, 0.05) is 5.39 Å². The summed E-state index contributed by atoms with van der Waals surface area (Å²) in [6.07, 6.45) is 0. The number of benzene rings is 1. The molecule has 0 radical (unpaired) electrons. The van der Waals surface area contributed by atoms with E-state index in [2.05, 4.69) is 0 Å². The number of furan rings is 1. The maximum Gasteiger partial charge on any atom is 0.293 e. The zero-order valence-electron chi connectivity index (χ0n) is 8.40. The molecule has 0 fully saturated rings. The predicted octanol–water partition coefficient (Wildman–Crippen LogP) is 2.32. The summed E-state index contributed by atoms with van der Waals surface area (Å²) in [5.74, 6) is 1.29. The molecule has 0 aliphatic carbocycles. The third-order valence-electron chi connectivity index (χ3n) is 2.17. The second-order valence-corrected chi connectivity index (χ2v) is 2.95. The zero-order chi connectivity index (χ0) is 10.8. The quantitative estimate of drug-likeness (QED) is 0.751.